The zero-order valence-corrected chi connectivity index (χ0v) is 28.3. The molecule has 1 atom stereocenters. The van der Waals surface area contributed by atoms with Crippen molar-refractivity contribution in [1.29, 1.82) is 0 Å². The smallest absolute Gasteiger partial charge is 0.337 e. The molecule has 2 aliphatic heterocycles. The molecule has 2 aliphatic rings. The summed E-state index contributed by atoms with van der Waals surface area (Å²) in [5.74, 6) is -0.979. The maximum atomic E-state index is 12.8. The Morgan fingerprint density at radius 3 is 2.25 bits per heavy atom. The van der Waals surface area contributed by atoms with Crippen LogP contribution in [0.15, 0.2) is 36.4 Å². The summed E-state index contributed by atoms with van der Waals surface area (Å²) >= 11 is 0. The number of nitrogens with zero attached hydrogens (tertiary/aromatic N) is 3. The van der Waals surface area contributed by atoms with Gasteiger partial charge in [-0.05, 0) is 107 Å². The summed E-state index contributed by atoms with van der Waals surface area (Å²) in [7, 11) is 0. The number of anilines is 1. The minimum absolute atomic E-state index is 0.260. The third kappa shape index (κ3) is 6.87. The fourth-order valence-electron chi connectivity index (χ4n) is 6.98. The minimum atomic E-state index is -1.11. The zero-order valence-electron chi connectivity index (χ0n) is 28.3. The largest absolute Gasteiger partial charge is 0.479 e. The van der Waals surface area contributed by atoms with Gasteiger partial charge in [-0.25, -0.2) is 4.79 Å². The molecule has 0 amide bonds. The normalized spacial score (nSPS) is 17.8. The number of aromatic nitrogens is 1. The van der Waals surface area contributed by atoms with Gasteiger partial charge in [-0.2, -0.15) is 0 Å². The molecule has 3 heterocycles. The van der Waals surface area contributed by atoms with E-state index in [0.717, 1.165) is 80.2 Å². The molecule has 3 aromatic rings. The number of aliphatic carboxylic acids is 1. The van der Waals surface area contributed by atoms with Gasteiger partial charge in [-0.3, -0.25) is 9.88 Å². The first-order valence-electron chi connectivity index (χ1n) is 16.2. The summed E-state index contributed by atoms with van der Waals surface area (Å²) in [6.45, 7) is 23.4. The van der Waals surface area contributed by atoms with Gasteiger partial charge in [0.25, 0.3) is 0 Å². The lowest BCUT2D eigenvalue weighted by atomic mass is 9.81. The second-order valence-electron chi connectivity index (χ2n) is 14.8. The number of hydrogen-bond donors (Lipinski definition) is 1. The summed E-state index contributed by atoms with van der Waals surface area (Å²) in [6, 6.07) is 13.4. The quantitative estimate of drug-likeness (QED) is 0.297. The number of carbonyl (C=O) groups is 1. The molecule has 1 fully saturated rings. The highest BCUT2D eigenvalue weighted by Gasteiger charge is 2.36. The first-order chi connectivity index (χ1) is 20.6. The molecule has 1 aromatic heterocycles. The second kappa shape index (κ2) is 12.3. The number of carboxylic acid groups (broad SMARTS) is 1. The Morgan fingerprint density at radius 2 is 1.64 bits per heavy atom. The van der Waals surface area contributed by atoms with E-state index in [2.05, 4.69) is 80.8 Å². The molecule has 44 heavy (non-hydrogen) atoms. The third-order valence-corrected chi connectivity index (χ3v) is 9.58. The van der Waals surface area contributed by atoms with E-state index in [1.807, 2.05) is 27.7 Å². The summed E-state index contributed by atoms with van der Waals surface area (Å²) in [6.07, 6.45) is 1.97. The van der Waals surface area contributed by atoms with Gasteiger partial charge in [0.05, 0.1) is 11.3 Å². The Morgan fingerprint density at radius 1 is 0.977 bits per heavy atom. The Hall–Kier alpha value is -3.22. The van der Waals surface area contributed by atoms with Gasteiger partial charge in [-0.15, -0.1) is 0 Å². The van der Waals surface area contributed by atoms with Gasteiger partial charge in [-0.1, -0.05) is 50.2 Å². The van der Waals surface area contributed by atoms with Crippen LogP contribution in [0.4, 0.5) is 5.69 Å². The van der Waals surface area contributed by atoms with Gasteiger partial charge in [0, 0.05) is 55.2 Å². The molecule has 0 spiro atoms. The van der Waals surface area contributed by atoms with Crippen LogP contribution in [0.1, 0.15) is 98.3 Å². The van der Waals surface area contributed by atoms with E-state index in [9.17, 15) is 9.90 Å². The number of aryl methyl sites for hydroxylation is 4. The molecular formula is C38H51N3O3. The van der Waals surface area contributed by atoms with Gasteiger partial charge < -0.3 is 14.7 Å². The van der Waals surface area contributed by atoms with E-state index < -0.39 is 17.7 Å². The first-order valence-corrected chi connectivity index (χ1v) is 16.2. The van der Waals surface area contributed by atoms with Crippen molar-refractivity contribution in [3.63, 3.8) is 0 Å². The van der Waals surface area contributed by atoms with Crippen LogP contribution in [0.25, 0.3) is 11.1 Å². The number of carboxylic acids is 1. The summed E-state index contributed by atoms with van der Waals surface area (Å²) in [5.41, 5.74) is 12.0. The number of pyridine rings is 1. The maximum Gasteiger partial charge on any atom is 0.337 e. The highest BCUT2D eigenvalue weighted by atomic mass is 16.5. The second-order valence-corrected chi connectivity index (χ2v) is 14.8. The molecule has 2 aromatic carbocycles. The van der Waals surface area contributed by atoms with E-state index in [1.54, 1.807) is 0 Å². The predicted molar refractivity (Wildman–Crippen MR) is 179 cm³/mol. The molecule has 5 rings (SSSR count). The fourth-order valence-corrected chi connectivity index (χ4v) is 6.98. The number of piperidine rings is 1. The lowest BCUT2D eigenvalue weighted by Gasteiger charge is -2.41. The number of rotatable bonds is 7. The molecular weight excluding hydrogens is 546 g/mol. The molecule has 236 valence electrons. The van der Waals surface area contributed by atoms with Crippen molar-refractivity contribution in [1.82, 2.24) is 9.88 Å². The number of benzene rings is 2. The SMILES string of the molecule is Cc1cccc(C)c1CN1CCc2cc(-c3c(C)nc(C)c([C@H](OC(C)(C)C)C(=O)O)c3N3CCC(C)(C)CC3)ccc2C1. The van der Waals surface area contributed by atoms with Crippen LogP contribution >= 0.6 is 0 Å². The van der Waals surface area contributed by atoms with Crippen molar-refractivity contribution >= 4 is 11.7 Å². The predicted octanol–water partition coefficient (Wildman–Crippen LogP) is 8.11. The Balaban J connectivity index is 1.57. The van der Waals surface area contributed by atoms with Crippen LogP contribution in [0.3, 0.4) is 0 Å². The highest BCUT2D eigenvalue weighted by Crippen LogP contribution is 2.45. The molecule has 6 heteroatoms. The molecule has 0 aliphatic carbocycles. The average Bonchev–Trinajstić information content (AvgIpc) is 2.93. The van der Waals surface area contributed by atoms with E-state index in [-0.39, 0.29) is 5.41 Å². The number of ether oxygens (including phenoxy) is 1. The molecule has 1 N–H and O–H groups in total. The van der Waals surface area contributed by atoms with Crippen molar-refractivity contribution in [2.45, 2.75) is 106 Å². The third-order valence-electron chi connectivity index (χ3n) is 9.58. The van der Waals surface area contributed by atoms with Crippen LogP contribution < -0.4 is 4.90 Å². The highest BCUT2D eigenvalue weighted by molar-refractivity contribution is 5.88. The van der Waals surface area contributed by atoms with Gasteiger partial charge in [0.15, 0.2) is 6.10 Å². The van der Waals surface area contributed by atoms with Crippen molar-refractivity contribution in [2.75, 3.05) is 24.5 Å². The Labute approximate surface area is 264 Å². The molecule has 0 bridgehead atoms. The van der Waals surface area contributed by atoms with E-state index >= 15 is 0 Å². The van der Waals surface area contributed by atoms with Crippen LogP contribution in [-0.4, -0.2) is 46.2 Å². The summed E-state index contributed by atoms with van der Waals surface area (Å²) in [4.78, 5) is 22.8. The van der Waals surface area contributed by atoms with Gasteiger partial charge in [0.2, 0.25) is 0 Å². The standard InChI is InChI=1S/C38H51N3O3/c1-24-11-10-12-25(2)31(24)23-40-18-15-28-21-29(13-14-30(28)22-40)32-26(3)39-27(4)33(35(36(42)43)44-37(5,6)7)34(32)41-19-16-38(8,9)17-20-41/h10-14,21,35H,15-20,22-23H2,1-9H3,(H,42,43)/t35-/m0/s1. The van der Waals surface area contributed by atoms with E-state index in [4.69, 9.17) is 9.72 Å². The first kappa shape index (κ1) is 32.2. The van der Waals surface area contributed by atoms with Crippen LogP contribution in [-0.2, 0) is 29.0 Å². The van der Waals surface area contributed by atoms with E-state index in [1.165, 1.54) is 27.8 Å². The molecule has 0 unspecified atom stereocenters. The molecule has 6 nitrogen and oxygen atoms in total. The lowest BCUT2D eigenvalue weighted by Crippen LogP contribution is -2.39. The van der Waals surface area contributed by atoms with Crippen molar-refractivity contribution in [3.8, 4) is 11.1 Å². The van der Waals surface area contributed by atoms with Crippen molar-refractivity contribution in [3.05, 3.63) is 81.2 Å². The van der Waals surface area contributed by atoms with Gasteiger partial charge in [0.1, 0.15) is 0 Å². The fraction of sp³-hybridized carbons (Fsp3) is 0.526. The maximum absolute atomic E-state index is 12.8. The monoisotopic (exact) mass is 597 g/mol. The average molecular weight is 598 g/mol. The number of fused-ring (bicyclic) bond motifs is 1. The topological polar surface area (TPSA) is 65.9 Å². The minimum Gasteiger partial charge on any atom is -0.479 e. The summed E-state index contributed by atoms with van der Waals surface area (Å²) < 4.78 is 6.27. The summed E-state index contributed by atoms with van der Waals surface area (Å²) in [5, 5.41) is 10.5. The Bertz CT molecular complexity index is 1520. The Kier molecular flexibility index (Phi) is 8.99. The molecule has 0 saturated carbocycles. The molecule has 1 saturated heterocycles. The van der Waals surface area contributed by atoms with Crippen LogP contribution in [0.5, 0.6) is 0 Å². The lowest BCUT2D eigenvalue weighted by molar-refractivity contribution is -0.160. The zero-order chi connectivity index (χ0) is 32.0. The van der Waals surface area contributed by atoms with Crippen molar-refractivity contribution in [2.24, 2.45) is 5.41 Å². The number of hydrogen-bond acceptors (Lipinski definition) is 5. The molecule has 0 radical (unpaired) electrons. The van der Waals surface area contributed by atoms with Crippen LogP contribution in [0, 0.1) is 33.1 Å². The van der Waals surface area contributed by atoms with Crippen molar-refractivity contribution < 1.29 is 14.6 Å². The van der Waals surface area contributed by atoms with E-state index in [0.29, 0.717) is 5.56 Å². The van der Waals surface area contributed by atoms with Crippen LogP contribution in [0.2, 0.25) is 0 Å². The van der Waals surface area contributed by atoms with Gasteiger partial charge >= 0.3 is 5.97 Å².